The van der Waals surface area contributed by atoms with Crippen molar-refractivity contribution in [3.63, 3.8) is 0 Å². The molecule has 2 aromatic heterocycles. The van der Waals surface area contributed by atoms with Crippen LogP contribution in [0, 0.1) is 0 Å². The molecule has 0 saturated carbocycles. The van der Waals surface area contributed by atoms with Gasteiger partial charge in [-0.05, 0) is 12.1 Å². The summed E-state index contributed by atoms with van der Waals surface area (Å²) >= 11 is 0. The summed E-state index contributed by atoms with van der Waals surface area (Å²) in [5, 5.41) is 3.31. The maximum absolute atomic E-state index is 5.39. The van der Waals surface area contributed by atoms with E-state index in [-0.39, 0.29) is 0 Å². The standard InChI is InChI=1S/C20H21N3O4/c1-24-17-6-14(10-22-12-17)13-5-16(11-21-9-13)23-15-7-18(25-2)20(27-4)19(8-15)26-3/h5-12,23H,1-4H3. The Balaban J connectivity index is 1.92. The third kappa shape index (κ3) is 4.03. The van der Waals surface area contributed by atoms with Crippen molar-refractivity contribution in [2.45, 2.75) is 0 Å². The Morgan fingerprint density at radius 3 is 1.85 bits per heavy atom. The normalized spacial score (nSPS) is 10.2. The van der Waals surface area contributed by atoms with Crippen LogP contribution < -0.4 is 24.3 Å². The Bertz CT molecular complexity index is 906. The molecule has 0 bridgehead atoms. The number of pyridine rings is 2. The van der Waals surface area contributed by atoms with Crippen LogP contribution in [0.3, 0.4) is 0 Å². The molecule has 0 radical (unpaired) electrons. The van der Waals surface area contributed by atoms with E-state index in [4.69, 9.17) is 18.9 Å². The van der Waals surface area contributed by atoms with Gasteiger partial charge in [-0.25, -0.2) is 0 Å². The Morgan fingerprint density at radius 2 is 1.26 bits per heavy atom. The Morgan fingerprint density at radius 1 is 0.630 bits per heavy atom. The van der Waals surface area contributed by atoms with E-state index in [1.54, 1.807) is 53.2 Å². The largest absolute Gasteiger partial charge is 0.495 e. The fourth-order valence-electron chi connectivity index (χ4n) is 2.67. The first-order chi connectivity index (χ1) is 13.2. The number of nitrogens with one attached hydrogen (secondary N) is 1. The molecule has 7 nitrogen and oxygen atoms in total. The van der Waals surface area contributed by atoms with Crippen LogP contribution in [0.15, 0.2) is 49.1 Å². The summed E-state index contributed by atoms with van der Waals surface area (Å²) in [5.41, 5.74) is 3.42. The van der Waals surface area contributed by atoms with E-state index >= 15 is 0 Å². The van der Waals surface area contributed by atoms with E-state index in [0.717, 1.165) is 22.5 Å². The minimum Gasteiger partial charge on any atom is -0.495 e. The number of benzene rings is 1. The van der Waals surface area contributed by atoms with Crippen molar-refractivity contribution >= 4 is 11.4 Å². The van der Waals surface area contributed by atoms with Gasteiger partial charge in [0.2, 0.25) is 5.75 Å². The lowest BCUT2D eigenvalue weighted by atomic mass is 10.1. The zero-order chi connectivity index (χ0) is 19.2. The highest BCUT2D eigenvalue weighted by molar-refractivity contribution is 5.72. The highest BCUT2D eigenvalue weighted by atomic mass is 16.5. The van der Waals surface area contributed by atoms with Crippen molar-refractivity contribution < 1.29 is 18.9 Å². The zero-order valence-corrected chi connectivity index (χ0v) is 15.6. The van der Waals surface area contributed by atoms with Crippen molar-refractivity contribution in [2.75, 3.05) is 33.8 Å². The smallest absolute Gasteiger partial charge is 0.203 e. The summed E-state index contributed by atoms with van der Waals surface area (Å²) < 4.78 is 21.4. The van der Waals surface area contributed by atoms with E-state index in [9.17, 15) is 0 Å². The number of anilines is 2. The Labute approximate surface area is 157 Å². The van der Waals surface area contributed by atoms with Gasteiger partial charge in [0, 0.05) is 41.3 Å². The van der Waals surface area contributed by atoms with Crippen LogP contribution in [0.1, 0.15) is 0 Å². The Kier molecular flexibility index (Phi) is 5.61. The molecule has 2 heterocycles. The quantitative estimate of drug-likeness (QED) is 0.678. The molecule has 27 heavy (non-hydrogen) atoms. The van der Waals surface area contributed by atoms with Crippen molar-refractivity contribution in [3.8, 4) is 34.1 Å². The minimum absolute atomic E-state index is 0.542. The summed E-state index contributed by atoms with van der Waals surface area (Å²) in [5.74, 6) is 2.37. The predicted octanol–water partition coefficient (Wildman–Crippen LogP) is 3.92. The van der Waals surface area contributed by atoms with Gasteiger partial charge in [-0.15, -0.1) is 0 Å². The van der Waals surface area contributed by atoms with Crippen LogP contribution in [0.4, 0.5) is 11.4 Å². The predicted molar refractivity (Wildman–Crippen MR) is 103 cm³/mol. The minimum atomic E-state index is 0.542. The van der Waals surface area contributed by atoms with Crippen LogP contribution in [-0.2, 0) is 0 Å². The average Bonchev–Trinajstić information content (AvgIpc) is 2.73. The lowest BCUT2D eigenvalue weighted by Gasteiger charge is -2.15. The molecule has 0 aliphatic rings. The fourth-order valence-corrected chi connectivity index (χ4v) is 2.67. The van der Waals surface area contributed by atoms with Gasteiger partial charge in [0.1, 0.15) is 5.75 Å². The third-order valence-corrected chi connectivity index (χ3v) is 3.97. The number of hydrogen-bond donors (Lipinski definition) is 1. The molecule has 3 rings (SSSR count). The molecule has 0 atom stereocenters. The summed E-state index contributed by atoms with van der Waals surface area (Å²) in [7, 11) is 6.35. The fraction of sp³-hybridized carbons (Fsp3) is 0.200. The number of hydrogen-bond acceptors (Lipinski definition) is 7. The van der Waals surface area contributed by atoms with E-state index in [2.05, 4.69) is 15.3 Å². The molecule has 0 amide bonds. The second kappa shape index (κ2) is 8.27. The molecule has 1 N–H and O–H groups in total. The maximum atomic E-state index is 5.39. The molecule has 0 saturated heterocycles. The SMILES string of the molecule is COc1cncc(-c2cncc(Nc3cc(OC)c(OC)c(OC)c3)c2)c1. The first-order valence-electron chi connectivity index (χ1n) is 8.20. The second-order valence-corrected chi connectivity index (χ2v) is 5.61. The van der Waals surface area contributed by atoms with Gasteiger partial charge in [-0.3, -0.25) is 9.97 Å². The number of methoxy groups -OCH3 is 4. The average molecular weight is 367 g/mol. The van der Waals surface area contributed by atoms with Gasteiger partial charge >= 0.3 is 0 Å². The molecule has 1 aromatic carbocycles. The van der Waals surface area contributed by atoms with E-state index in [1.165, 1.54) is 0 Å². The van der Waals surface area contributed by atoms with Crippen LogP contribution in [0.25, 0.3) is 11.1 Å². The molecule has 7 heteroatoms. The molecule has 0 aliphatic heterocycles. The molecule has 0 spiro atoms. The first kappa shape index (κ1) is 18.3. The van der Waals surface area contributed by atoms with Crippen molar-refractivity contribution in [1.82, 2.24) is 9.97 Å². The molecule has 140 valence electrons. The van der Waals surface area contributed by atoms with Gasteiger partial charge in [0.05, 0.1) is 46.5 Å². The summed E-state index contributed by atoms with van der Waals surface area (Å²) in [6, 6.07) is 7.56. The van der Waals surface area contributed by atoms with E-state index < -0.39 is 0 Å². The van der Waals surface area contributed by atoms with Crippen LogP contribution in [0.5, 0.6) is 23.0 Å². The number of ether oxygens (including phenoxy) is 4. The molecule has 0 aliphatic carbocycles. The number of aromatic nitrogens is 2. The first-order valence-corrected chi connectivity index (χ1v) is 8.20. The zero-order valence-electron chi connectivity index (χ0n) is 15.6. The third-order valence-electron chi connectivity index (χ3n) is 3.97. The van der Waals surface area contributed by atoms with Gasteiger partial charge in [-0.1, -0.05) is 0 Å². The lowest BCUT2D eigenvalue weighted by molar-refractivity contribution is 0.324. The maximum Gasteiger partial charge on any atom is 0.203 e. The van der Waals surface area contributed by atoms with E-state index in [1.807, 2.05) is 24.3 Å². The van der Waals surface area contributed by atoms with Crippen LogP contribution in [0.2, 0.25) is 0 Å². The lowest BCUT2D eigenvalue weighted by Crippen LogP contribution is -1.98. The number of rotatable bonds is 7. The molecule has 3 aromatic rings. The van der Waals surface area contributed by atoms with Gasteiger partial charge in [-0.2, -0.15) is 0 Å². The summed E-state index contributed by atoms with van der Waals surface area (Å²) in [6.07, 6.45) is 6.94. The van der Waals surface area contributed by atoms with Crippen molar-refractivity contribution in [1.29, 1.82) is 0 Å². The molecule has 0 unspecified atom stereocenters. The molecular weight excluding hydrogens is 346 g/mol. The van der Waals surface area contributed by atoms with Crippen molar-refractivity contribution in [2.24, 2.45) is 0 Å². The summed E-state index contributed by atoms with van der Waals surface area (Å²) in [4.78, 5) is 8.50. The highest BCUT2D eigenvalue weighted by Crippen LogP contribution is 2.40. The van der Waals surface area contributed by atoms with Crippen LogP contribution >= 0.6 is 0 Å². The monoisotopic (exact) mass is 367 g/mol. The Hall–Kier alpha value is -3.48. The van der Waals surface area contributed by atoms with Crippen LogP contribution in [-0.4, -0.2) is 38.4 Å². The van der Waals surface area contributed by atoms with Gasteiger partial charge < -0.3 is 24.3 Å². The number of nitrogens with zero attached hydrogens (tertiary/aromatic N) is 2. The highest BCUT2D eigenvalue weighted by Gasteiger charge is 2.13. The summed E-state index contributed by atoms with van der Waals surface area (Å²) in [6.45, 7) is 0. The topological polar surface area (TPSA) is 74.7 Å². The van der Waals surface area contributed by atoms with Crippen molar-refractivity contribution in [3.05, 3.63) is 49.1 Å². The van der Waals surface area contributed by atoms with E-state index in [0.29, 0.717) is 23.0 Å². The second-order valence-electron chi connectivity index (χ2n) is 5.61. The van der Waals surface area contributed by atoms with Gasteiger partial charge in [0.25, 0.3) is 0 Å². The molecular formula is C20H21N3O4. The molecule has 0 fully saturated rings. The van der Waals surface area contributed by atoms with Gasteiger partial charge in [0.15, 0.2) is 11.5 Å².